The molecule has 2 heterocycles. The van der Waals surface area contributed by atoms with Crippen LogP contribution < -0.4 is 0 Å². The number of hydrogen-bond donors (Lipinski definition) is 6. The Morgan fingerprint density at radius 2 is 1.57 bits per heavy atom. The van der Waals surface area contributed by atoms with E-state index in [2.05, 4.69) is 0 Å². The van der Waals surface area contributed by atoms with Gasteiger partial charge in [0.1, 0.15) is 48.8 Å². The average Bonchev–Trinajstić information content (AvgIpc) is 2.65. The number of rotatable bonds is 6. The van der Waals surface area contributed by atoms with Crippen molar-refractivity contribution >= 4 is 5.91 Å². The van der Waals surface area contributed by atoms with Crippen molar-refractivity contribution in [3.05, 3.63) is 0 Å². The maximum atomic E-state index is 11.7. The van der Waals surface area contributed by atoms with Crippen LogP contribution in [-0.2, 0) is 23.7 Å². The van der Waals surface area contributed by atoms with Gasteiger partial charge in [-0.05, 0) is 0 Å². The second kappa shape index (κ2) is 9.71. The molecule has 0 bridgehead atoms. The molecule has 6 N–H and O–H groups in total. The standard InChI is InChI=1S/C16H29NO11/c1-6(20)17(2)9-11(22)13(8(5-19)26-15(9)24)28-16-12(23)14(25-3)10(21)7(4-18)27-16/h7-16,18-19,21-24H,4-5H2,1-3H3. The maximum Gasteiger partial charge on any atom is 0.219 e. The Morgan fingerprint density at radius 3 is 2.07 bits per heavy atom. The van der Waals surface area contributed by atoms with Gasteiger partial charge >= 0.3 is 0 Å². The quantitative estimate of drug-likeness (QED) is 0.249. The highest BCUT2D eigenvalue weighted by atomic mass is 16.7. The summed E-state index contributed by atoms with van der Waals surface area (Å²) in [6, 6.07) is -1.21. The van der Waals surface area contributed by atoms with Gasteiger partial charge in [-0.3, -0.25) is 4.79 Å². The Labute approximate surface area is 161 Å². The molecule has 0 saturated carbocycles. The molecule has 0 aliphatic carbocycles. The molecule has 1 amide bonds. The van der Waals surface area contributed by atoms with Crippen LogP contribution in [-0.4, -0.2) is 130 Å². The lowest BCUT2D eigenvalue weighted by Crippen LogP contribution is -2.67. The van der Waals surface area contributed by atoms with Crippen molar-refractivity contribution in [2.75, 3.05) is 27.4 Å². The molecule has 0 aromatic heterocycles. The Morgan fingerprint density at radius 1 is 0.964 bits per heavy atom. The van der Waals surface area contributed by atoms with Crippen LogP contribution in [0.5, 0.6) is 0 Å². The Kier molecular flexibility index (Phi) is 8.10. The summed E-state index contributed by atoms with van der Waals surface area (Å²) in [4.78, 5) is 12.7. The van der Waals surface area contributed by atoms with E-state index in [0.717, 1.165) is 4.90 Å². The molecular weight excluding hydrogens is 382 g/mol. The SMILES string of the molecule is COC1C(O)C(CO)OC(OC2C(CO)OC(O)C(N(C)C(C)=O)C2O)C1O. The third kappa shape index (κ3) is 4.46. The minimum Gasteiger partial charge on any atom is -0.394 e. The lowest BCUT2D eigenvalue weighted by Gasteiger charge is -2.48. The first-order valence-electron chi connectivity index (χ1n) is 8.84. The van der Waals surface area contributed by atoms with Crippen LogP contribution >= 0.6 is 0 Å². The van der Waals surface area contributed by atoms with E-state index in [4.69, 9.17) is 18.9 Å². The topological polar surface area (TPSA) is 179 Å². The molecule has 28 heavy (non-hydrogen) atoms. The molecule has 10 unspecified atom stereocenters. The molecule has 2 fully saturated rings. The molecule has 0 aromatic carbocycles. The van der Waals surface area contributed by atoms with Gasteiger partial charge in [0.2, 0.25) is 5.91 Å². The molecule has 2 aliphatic rings. The molecule has 164 valence electrons. The van der Waals surface area contributed by atoms with Crippen molar-refractivity contribution in [3.63, 3.8) is 0 Å². The van der Waals surface area contributed by atoms with Crippen LogP contribution in [0.15, 0.2) is 0 Å². The number of carbonyl (C=O) groups is 1. The summed E-state index contributed by atoms with van der Waals surface area (Å²) in [5.74, 6) is -0.454. The number of nitrogens with zero attached hydrogens (tertiary/aromatic N) is 1. The summed E-state index contributed by atoms with van der Waals surface area (Å²) in [5, 5.41) is 60.2. The van der Waals surface area contributed by atoms with Crippen LogP contribution in [0.1, 0.15) is 6.92 Å². The predicted molar refractivity (Wildman–Crippen MR) is 89.6 cm³/mol. The minimum absolute atomic E-state index is 0.454. The summed E-state index contributed by atoms with van der Waals surface area (Å²) in [7, 11) is 2.60. The summed E-state index contributed by atoms with van der Waals surface area (Å²) in [6.07, 6.45) is -12.2. The number of likely N-dealkylation sites (N-methyl/N-ethyl adjacent to an activating group) is 1. The molecular formula is C16H29NO11. The maximum absolute atomic E-state index is 11.7. The fraction of sp³-hybridized carbons (Fsp3) is 0.938. The summed E-state index contributed by atoms with van der Waals surface area (Å²) < 4.78 is 21.3. The monoisotopic (exact) mass is 411 g/mol. The van der Waals surface area contributed by atoms with E-state index >= 15 is 0 Å². The zero-order valence-corrected chi connectivity index (χ0v) is 15.9. The number of methoxy groups -OCH3 is 1. The summed E-state index contributed by atoms with van der Waals surface area (Å²) in [5.41, 5.74) is 0. The van der Waals surface area contributed by atoms with Crippen LogP contribution in [0.4, 0.5) is 0 Å². The average molecular weight is 411 g/mol. The zero-order valence-electron chi connectivity index (χ0n) is 15.9. The number of aliphatic hydroxyl groups is 6. The third-order valence-electron chi connectivity index (χ3n) is 5.17. The second-order valence-corrected chi connectivity index (χ2v) is 6.87. The zero-order chi connectivity index (χ0) is 21.2. The van der Waals surface area contributed by atoms with Crippen LogP contribution in [0.25, 0.3) is 0 Å². The Bertz CT molecular complexity index is 523. The van der Waals surface area contributed by atoms with Gasteiger partial charge in [-0.25, -0.2) is 0 Å². The Hall–Kier alpha value is -0.930. The van der Waals surface area contributed by atoms with E-state index in [1.807, 2.05) is 0 Å². The first kappa shape index (κ1) is 23.3. The van der Waals surface area contributed by atoms with E-state index in [0.29, 0.717) is 0 Å². The predicted octanol–water partition coefficient (Wildman–Crippen LogP) is -4.26. The molecule has 12 nitrogen and oxygen atoms in total. The molecule has 12 heteroatoms. The highest BCUT2D eigenvalue weighted by Crippen LogP contribution is 2.30. The van der Waals surface area contributed by atoms with E-state index in [1.165, 1.54) is 21.1 Å². The van der Waals surface area contributed by atoms with E-state index in [9.17, 15) is 35.4 Å². The normalized spacial score (nSPS) is 44.3. The second-order valence-electron chi connectivity index (χ2n) is 6.87. The Balaban J connectivity index is 2.24. The molecule has 10 atom stereocenters. The first-order chi connectivity index (χ1) is 13.2. The molecule has 0 aromatic rings. The van der Waals surface area contributed by atoms with Gasteiger partial charge in [0, 0.05) is 21.1 Å². The van der Waals surface area contributed by atoms with Gasteiger partial charge in [0.25, 0.3) is 0 Å². The molecule has 2 rings (SSSR count). The number of carbonyl (C=O) groups excluding carboxylic acids is 1. The van der Waals surface area contributed by atoms with E-state index in [1.54, 1.807) is 0 Å². The van der Waals surface area contributed by atoms with Crippen molar-refractivity contribution in [1.82, 2.24) is 4.90 Å². The molecule has 0 radical (unpaired) electrons. The third-order valence-corrected chi connectivity index (χ3v) is 5.17. The van der Waals surface area contributed by atoms with E-state index < -0.39 is 80.5 Å². The fourth-order valence-corrected chi connectivity index (χ4v) is 3.46. The number of ether oxygens (including phenoxy) is 4. The van der Waals surface area contributed by atoms with Gasteiger partial charge in [-0.2, -0.15) is 0 Å². The molecule has 0 spiro atoms. The highest BCUT2D eigenvalue weighted by molar-refractivity contribution is 5.73. The highest BCUT2D eigenvalue weighted by Gasteiger charge is 2.52. The van der Waals surface area contributed by atoms with Crippen molar-refractivity contribution < 1.29 is 54.4 Å². The first-order valence-corrected chi connectivity index (χ1v) is 8.84. The lowest BCUT2D eigenvalue weighted by molar-refractivity contribution is -0.350. The van der Waals surface area contributed by atoms with Gasteiger partial charge < -0.3 is 54.5 Å². The summed E-state index contributed by atoms with van der Waals surface area (Å²) >= 11 is 0. The van der Waals surface area contributed by atoms with Gasteiger partial charge in [-0.1, -0.05) is 0 Å². The molecule has 2 aliphatic heterocycles. The van der Waals surface area contributed by atoms with E-state index in [-0.39, 0.29) is 0 Å². The van der Waals surface area contributed by atoms with Gasteiger partial charge in [-0.15, -0.1) is 0 Å². The van der Waals surface area contributed by atoms with Crippen LogP contribution in [0.2, 0.25) is 0 Å². The minimum atomic E-state index is -1.59. The number of aliphatic hydroxyl groups excluding tert-OH is 6. The largest absolute Gasteiger partial charge is 0.394 e. The van der Waals surface area contributed by atoms with Crippen molar-refractivity contribution in [2.24, 2.45) is 0 Å². The van der Waals surface area contributed by atoms with Gasteiger partial charge in [0.15, 0.2) is 12.6 Å². The fourth-order valence-electron chi connectivity index (χ4n) is 3.46. The van der Waals surface area contributed by atoms with Gasteiger partial charge in [0.05, 0.1) is 13.2 Å². The summed E-state index contributed by atoms with van der Waals surface area (Å²) in [6.45, 7) is 0.00485. The smallest absolute Gasteiger partial charge is 0.219 e. The number of hydrogen-bond acceptors (Lipinski definition) is 11. The van der Waals surface area contributed by atoms with Crippen molar-refractivity contribution in [3.8, 4) is 0 Å². The van der Waals surface area contributed by atoms with Crippen LogP contribution in [0.3, 0.4) is 0 Å². The van der Waals surface area contributed by atoms with Crippen molar-refractivity contribution in [2.45, 2.75) is 68.3 Å². The lowest BCUT2D eigenvalue weighted by atomic mass is 9.94. The molecule has 2 saturated heterocycles. The van der Waals surface area contributed by atoms with Crippen molar-refractivity contribution in [1.29, 1.82) is 0 Å². The number of amides is 1. The van der Waals surface area contributed by atoms with Crippen LogP contribution in [0, 0.1) is 0 Å².